The first-order chi connectivity index (χ1) is 11.9. The molecular formula is C17H23ClN4O3S. The Labute approximate surface area is 159 Å². The average molecular weight is 399 g/mol. The molecule has 3 heterocycles. The van der Waals surface area contributed by atoms with Gasteiger partial charge in [0.05, 0.1) is 4.90 Å². The van der Waals surface area contributed by atoms with Gasteiger partial charge in [0.2, 0.25) is 5.91 Å². The highest BCUT2D eigenvalue weighted by Gasteiger charge is 2.36. The van der Waals surface area contributed by atoms with Crippen molar-refractivity contribution < 1.29 is 13.2 Å². The third kappa shape index (κ3) is 3.45. The molecule has 1 aromatic rings. The minimum Gasteiger partial charge on any atom is -0.341 e. The van der Waals surface area contributed by atoms with Crippen LogP contribution in [0.25, 0.3) is 0 Å². The molecule has 0 radical (unpaired) electrons. The van der Waals surface area contributed by atoms with Gasteiger partial charge in [-0.25, -0.2) is 8.42 Å². The number of aliphatic imine (C=N–C) groups is 1. The lowest BCUT2D eigenvalue weighted by Gasteiger charge is -2.35. The van der Waals surface area contributed by atoms with Crippen LogP contribution in [0.2, 0.25) is 0 Å². The van der Waals surface area contributed by atoms with Crippen molar-refractivity contribution >= 4 is 34.2 Å². The Hall–Kier alpha value is -1.64. The molecule has 0 saturated carbocycles. The average Bonchev–Trinajstić information content (AvgIpc) is 3.08. The molecule has 7 nitrogen and oxygen atoms in total. The van der Waals surface area contributed by atoms with Crippen molar-refractivity contribution in [1.29, 1.82) is 0 Å². The van der Waals surface area contributed by atoms with E-state index >= 15 is 0 Å². The molecule has 0 aromatic heterocycles. The Balaban J connectivity index is 0.00000196. The second-order valence-electron chi connectivity index (χ2n) is 7.03. The molecule has 9 heteroatoms. The van der Waals surface area contributed by atoms with Gasteiger partial charge in [-0.15, -0.1) is 12.4 Å². The van der Waals surface area contributed by atoms with E-state index < -0.39 is 10.0 Å². The lowest BCUT2D eigenvalue weighted by molar-refractivity contribution is -0.131. The van der Waals surface area contributed by atoms with Gasteiger partial charge in [-0.1, -0.05) is 12.1 Å². The maximum absolute atomic E-state index is 12.5. The second-order valence-corrected chi connectivity index (χ2v) is 8.69. The van der Waals surface area contributed by atoms with Crippen LogP contribution in [0.5, 0.6) is 0 Å². The normalized spacial score (nSPS) is 29.6. The number of carbonyl (C=O) groups is 1. The smallest absolute Gasteiger partial charge is 0.263 e. The molecule has 3 aliphatic rings. The van der Waals surface area contributed by atoms with E-state index in [4.69, 9.17) is 0 Å². The number of fused-ring (bicyclic) bond motifs is 3. The molecule has 1 aromatic carbocycles. The Morgan fingerprint density at radius 2 is 1.88 bits per heavy atom. The molecular weight excluding hydrogens is 376 g/mol. The molecule has 26 heavy (non-hydrogen) atoms. The molecule has 2 saturated heterocycles. The van der Waals surface area contributed by atoms with Crippen molar-refractivity contribution in [3.05, 3.63) is 29.8 Å². The van der Waals surface area contributed by atoms with Gasteiger partial charge in [0.25, 0.3) is 10.0 Å². The van der Waals surface area contributed by atoms with Crippen LogP contribution in [0.3, 0.4) is 0 Å². The summed E-state index contributed by atoms with van der Waals surface area (Å²) in [5, 5.41) is 3.57. The fourth-order valence-corrected chi connectivity index (χ4v) is 5.31. The largest absolute Gasteiger partial charge is 0.341 e. The van der Waals surface area contributed by atoms with Crippen molar-refractivity contribution in [3.8, 4) is 0 Å². The summed E-state index contributed by atoms with van der Waals surface area (Å²) in [5.74, 6) is 0.171. The van der Waals surface area contributed by atoms with Crippen molar-refractivity contribution in [2.24, 2.45) is 4.99 Å². The van der Waals surface area contributed by atoms with Gasteiger partial charge in [-0.05, 0) is 37.8 Å². The molecule has 142 valence electrons. The van der Waals surface area contributed by atoms with Crippen molar-refractivity contribution in [1.82, 2.24) is 14.9 Å². The topological polar surface area (TPSA) is 90.9 Å². The number of amides is 1. The number of halogens is 1. The number of amidine groups is 1. The molecule has 2 fully saturated rings. The van der Waals surface area contributed by atoms with Gasteiger partial charge in [0, 0.05) is 30.7 Å². The summed E-state index contributed by atoms with van der Waals surface area (Å²) in [6.45, 7) is -0.0536. The molecule has 4 rings (SSSR count). The zero-order valence-corrected chi connectivity index (χ0v) is 16.1. The van der Waals surface area contributed by atoms with E-state index in [1.807, 2.05) is 7.05 Å². The zero-order valence-electron chi connectivity index (χ0n) is 14.5. The van der Waals surface area contributed by atoms with Crippen LogP contribution in [-0.4, -0.2) is 56.8 Å². The Kier molecular flexibility index (Phi) is 5.28. The number of benzene rings is 1. The maximum atomic E-state index is 12.5. The summed E-state index contributed by atoms with van der Waals surface area (Å²) in [4.78, 5) is 18.8. The quantitative estimate of drug-likeness (QED) is 0.791. The first-order valence-electron chi connectivity index (χ1n) is 8.62. The minimum absolute atomic E-state index is 0. The lowest BCUT2D eigenvalue weighted by atomic mass is 9.98. The second kappa shape index (κ2) is 7.17. The number of nitrogens with zero attached hydrogens (tertiary/aromatic N) is 2. The minimum atomic E-state index is -3.56. The van der Waals surface area contributed by atoms with Crippen LogP contribution in [0, 0.1) is 0 Å². The third-order valence-electron chi connectivity index (χ3n) is 5.42. The molecule has 3 aliphatic heterocycles. The molecule has 2 atom stereocenters. The van der Waals surface area contributed by atoms with Crippen LogP contribution in [0.15, 0.2) is 34.2 Å². The third-order valence-corrected chi connectivity index (χ3v) is 6.82. The highest BCUT2D eigenvalue weighted by molar-refractivity contribution is 7.90. The maximum Gasteiger partial charge on any atom is 0.263 e. The van der Waals surface area contributed by atoms with E-state index in [0.29, 0.717) is 17.6 Å². The number of piperidine rings is 1. The monoisotopic (exact) mass is 398 g/mol. The highest BCUT2D eigenvalue weighted by atomic mass is 35.5. The Bertz CT molecular complexity index is 830. The van der Waals surface area contributed by atoms with Gasteiger partial charge < -0.3 is 10.2 Å². The van der Waals surface area contributed by atoms with Gasteiger partial charge >= 0.3 is 0 Å². The molecule has 2 bridgehead atoms. The fourth-order valence-electron chi connectivity index (χ4n) is 4.06. The van der Waals surface area contributed by atoms with Crippen LogP contribution in [-0.2, 0) is 14.8 Å². The van der Waals surface area contributed by atoms with Gasteiger partial charge in [-0.2, -0.15) is 0 Å². The summed E-state index contributed by atoms with van der Waals surface area (Å²) < 4.78 is 26.6. The van der Waals surface area contributed by atoms with Crippen molar-refractivity contribution in [2.45, 2.75) is 48.7 Å². The number of likely N-dealkylation sites (N-methyl/N-ethyl adjacent to an activating group) is 1. The number of carbonyl (C=O) groups excluding carboxylic acids is 1. The van der Waals surface area contributed by atoms with Crippen LogP contribution >= 0.6 is 12.4 Å². The van der Waals surface area contributed by atoms with Crippen LogP contribution in [0.1, 0.15) is 31.2 Å². The molecule has 0 spiro atoms. The van der Waals surface area contributed by atoms with Crippen LogP contribution in [0.4, 0.5) is 0 Å². The van der Waals surface area contributed by atoms with Gasteiger partial charge in [0.15, 0.2) is 0 Å². The summed E-state index contributed by atoms with van der Waals surface area (Å²) >= 11 is 0. The molecule has 0 aliphatic carbocycles. The SMILES string of the molecule is CN(C(=O)CN=C1NS(=O)(=O)c2ccccc21)C1CC2CCC(C1)N2.Cl. The van der Waals surface area contributed by atoms with Gasteiger partial charge in [0.1, 0.15) is 12.4 Å². The predicted octanol–water partition coefficient (Wildman–Crippen LogP) is 0.888. The number of rotatable bonds is 3. The first kappa shape index (κ1) is 19.1. The van der Waals surface area contributed by atoms with Gasteiger partial charge in [-0.3, -0.25) is 14.5 Å². The lowest BCUT2D eigenvalue weighted by Crippen LogP contribution is -2.49. The van der Waals surface area contributed by atoms with E-state index in [0.717, 1.165) is 12.8 Å². The summed E-state index contributed by atoms with van der Waals surface area (Å²) in [5.41, 5.74) is 0.526. The standard InChI is InChI=1S/C17H22N4O3S.ClH/c1-21(13-8-11-6-7-12(9-13)19-11)16(22)10-18-17-14-4-2-3-5-15(14)25(23,24)20-17;/h2-5,11-13,19H,6-10H2,1H3,(H,18,20);1H. The summed E-state index contributed by atoms with van der Waals surface area (Å²) in [6.07, 6.45) is 4.32. The van der Waals surface area contributed by atoms with E-state index in [1.165, 1.54) is 12.8 Å². The molecule has 1 amide bonds. The number of hydrogen-bond acceptors (Lipinski definition) is 5. The highest BCUT2D eigenvalue weighted by Crippen LogP contribution is 2.29. The number of nitrogens with one attached hydrogen (secondary N) is 2. The molecule has 2 unspecified atom stereocenters. The van der Waals surface area contributed by atoms with Crippen molar-refractivity contribution in [2.75, 3.05) is 13.6 Å². The van der Waals surface area contributed by atoms with E-state index in [-0.39, 0.29) is 41.6 Å². The summed E-state index contributed by atoms with van der Waals surface area (Å²) in [6, 6.07) is 7.93. The van der Waals surface area contributed by atoms with E-state index in [1.54, 1.807) is 29.2 Å². The fraction of sp³-hybridized carbons (Fsp3) is 0.529. The van der Waals surface area contributed by atoms with E-state index in [9.17, 15) is 13.2 Å². The van der Waals surface area contributed by atoms with Crippen molar-refractivity contribution in [3.63, 3.8) is 0 Å². The van der Waals surface area contributed by atoms with Crippen LogP contribution < -0.4 is 10.0 Å². The molecule has 2 N–H and O–H groups in total. The first-order valence-corrected chi connectivity index (χ1v) is 10.1. The number of sulfonamides is 1. The summed E-state index contributed by atoms with van der Waals surface area (Å²) in [7, 11) is -1.74. The predicted molar refractivity (Wildman–Crippen MR) is 101 cm³/mol. The Morgan fingerprint density at radius 1 is 1.23 bits per heavy atom. The number of hydrogen-bond donors (Lipinski definition) is 2. The van der Waals surface area contributed by atoms with E-state index in [2.05, 4.69) is 15.0 Å². The zero-order chi connectivity index (χ0) is 17.6. The Morgan fingerprint density at radius 3 is 2.58 bits per heavy atom.